The third kappa shape index (κ3) is 2.81. The monoisotopic (exact) mass is 329 g/mol. The number of anilines is 1. The maximum Gasteiger partial charge on any atom is 0.203 e. The highest BCUT2D eigenvalue weighted by atomic mass is 19.2. The molecule has 124 valence electrons. The van der Waals surface area contributed by atoms with E-state index in [1.165, 1.54) is 12.1 Å². The topological polar surface area (TPSA) is 46.3 Å². The molecular formula is C17H17F2N5. The second-order valence-electron chi connectivity index (χ2n) is 6.20. The third-order valence-electron chi connectivity index (χ3n) is 4.62. The van der Waals surface area contributed by atoms with Crippen molar-refractivity contribution in [2.75, 3.05) is 18.0 Å². The van der Waals surface area contributed by atoms with E-state index >= 15 is 0 Å². The Morgan fingerprint density at radius 3 is 2.75 bits per heavy atom. The van der Waals surface area contributed by atoms with Gasteiger partial charge in [0, 0.05) is 25.5 Å². The van der Waals surface area contributed by atoms with E-state index in [1.54, 1.807) is 18.6 Å². The van der Waals surface area contributed by atoms with Gasteiger partial charge in [-0.3, -0.25) is 4.40 Å². The molecule has 3 aromatic rings. The average molecular weight is 329 g/mol. The van der Waals surface area contributed by atoms with Crippen LogP contribution >= 0.6 is 0 Å². The van der Waals surface area contributed by atoms with Gasteiger partial charge in [0.15, 0.2) is 17.5 Å². The molecule has 0 unspecified atom stereocenters. The molecule has 0 bridgehead atoms. The van der Waals surface area contributed by atoms with E-state index in [9.17, 15) is 8.78 Å². The quantitative estimate of drug-likeness (QED) is 0.741. The number of piperidine rings is 1. The number of fused-ring (bicyclic) bond motifs is 1. The summed E-state index contributed by atoms with van der Waals surface area (Å²) < 4.78 is 28.2. The van der Waals surface area contributed by atoms with E-state index in [4.69, 9.17) is 0 Å². The van der Waals surface area contributed by atoms with Gasteiger partial charge in [0.05, 0.1) is 0 Å². The largest absolute Gasteiger partial charge is 0.353 e. The van der Waals surface area contributed by atoms with Crippen LogP contribution in [0.5, 0.6) is 0 Å². The van der Waals surface area contributed by atoms with E-state index in [0.717, 1.165) is 49.4 Å². The first kappa shape index (κ1) is 15.0. The van der Waals surface area contributed by atoms with Gasteiger partial charge in [-0.2, -0.15) is 0 Å². The molecule has 1 saturated heterocycles. The zero-order valence-electron chi connectivity index (χ0n) is 13.1. The maximum absolute atomic E-state index is 13.3. The van der Waals surface area contributed by atoms with Crippen LogP contribution in [0.2, 0.25) is 0 Å². The van der Waals surface area contributed by atoms with E-state index in [2.05, 4.69) is 20.1 Å². The van der Waals surface area contributed by atoms with Crippen LogP contribution in [0.15, 0.2) is 36.9 Å². The van der Waals surface area contributed by atoms with Gasteiger partial charge in [-0.15, -0.1) is 10.2 Å². The van der Waals surface area contributed by atoms with Crippen molar-refractivity contribution < 1.29 is 8.78 Å². The number of aromatic nitrogens is 4. The molecular weight excluding hydrogens is 312 g/mol. The van der Waals surface area contributed by atoms with E-state index < -0.39 is 11.6 Å². The SMILES string of the molecule is Fc1ccc(CC2CCN(c3nccn4cnnc34)CC2)cc1F. The molecule has 1 fully saturated rings. The first-order valence-electron chi connectivity index (χ1n) is 8.04. The number of nitrogens with zero attached hydrogens (tertiary/aromatic N) is 5. The summed E-state index contributed by atoms with van der Waals surface area (Å²) in [6.45, 7) is 1.74. The number of rotatable bonds is 3. The molecule has 24 heavy (non-hydrogen) atoms. The molecule has 1 aliphatic heterocycles. The fourth-order valence-electron chi connectivity index (χ4n) is 3.32. The molecule has 2 aromatic heterocycles. The van der Waals surface area contributed by atoms with Crippen molar-refractivity contribution >= 4 is 11.5 Å². The van der Waals surface area contributed by atoms with Crippen molar-refractivity contribution in [3.63, 3.8) is 0 Å². The number of halogens is 2. The predicted octanol–water partition coefficient (Wildman–Crippen LogP) is 2.86. The van der Waals surface area contributed by atoms with Crippen LogP contribution in [-0.2, 0) is 6.42 Å². The van der Waals surface area contributed by atoms with E-state index in [-0.39, 0.29) is 0 Å². The third-order valence-corrected chi connectivity index (χ3v) is 4.62. The van der Waals surface area contributed by atoms with Gasteiger partial charge in [0.25, 0.3) is 0 Å². The lowest BCUT2D eigenvalue weighted by molar-refractivity contribution is 0.401. The zero-order valence-corrected chi connectivity index (χ0v) is 13.1. The minimum absolute atomic E-state index is 0.462. The minimum atomic E-state index is -0.791. The lowest BCUT2D eigenvalue weighted by Gasteiger charge is -2.32. The second-order valence-corrected chi connectivity index (χ2v) is 6.20. The van der Waals surface area contributed by atoms with Gasteiger partial charge in [-0.1, -0.05) is 6.07 Å². The highest BCUT2D eigenvalue weighted by Gasteiger charge is 2.22. The average Bonchev–Trinajstić information content (AvgIpc) is 3.08. The highest BCUT2D eigenvalue weighted by Crippen LogP contribution is 2.26. The first-order chi connectivity index (χ1) is 11.7. The summed E-state index contributed by atoms with van der Waals surface area (Å²) in [5.74, 6) is -0.251. The van der Waals surface area contributed by atoms with Crippen molar-refractivity contribution in [3.05, 3.63) is 54.1 Å². The number of hydrogen-bond acceptors (Lipinski definition) is 4. The lowest BCUT2D eigenvalue weighted by Crippen LogP contribution is -2.35. The molecule has 0 amide bonds. The highest BCUT2D eigenvalue weighted by molar-refractivity contribution is 5.63. The molecule has 0 spiro atoms. The normalized spacial score (nSPS) is 16.0. The molecule has 1 aliphatic rings. The summed E-state index contributed by atoms with van der Waals surface area (Å²) >= 11 is 0. The number of hydrogen-bond donors (Lipinski definition) is 0. The fourth-order valence-corrected chi connectivity index (χ4v) is 3.32. The molecule has 0 aliphatic carbocycles. The zero-order chi connectivity index (χ0) is 16.5. The molecule has 0 N–H and O–H groups in total. The van der Waals surface area contributed by atoms with Crippen LogP contribution in [0.1, 0.15) is 18.4 Å². The Bertz CT molecular complexity index is 855. The van der Waals surface area contributed by atoms with Crippen LogP contribution < -0.4 is 4.90 Å². The van der Waals surface area contributed by atoms with Crippen molar-refractivity contribution in [1.29, 1.82) is 0 Å². The van der Waals surface area contributed by atoms with Crippen LogP contribution in [-0.4, -0.2) is 32.7 Å². The molecule has 0 saturated carbocycles. The van der Waals surface area contributed by atoms with Crippen molar-refractivity contribution in [2.24, 2.45) is 5.92 Å². The Kier molecular flexibility index (Phi) is 3.84. The van der Waals surface area contributed by atoms with Crippen LogP contribution in [0.25, 0.3) is 5.65 Å². The van der Waals surface area contributed by atoms with Gasteiger partial charge in [0.1, 0.15) is 6.33 Å². The summed E-state index contributed by atoms with van der Waals surface area (Å²) in [6.07, 6.45) is 7.98. The Morgan fingerprint density at radius 2 is 1.96 bits per heavy atom. The summed E-state index contributed by atoms with van der Waals surface area (Å²) in [4.78, 5) is 6.66. The smallest absolute Gasteiger partial charge is 0.203 e. The lowest BCUT2D eigenvalue weighted by atomic mass is 9.90. The van der Waals surface area contributed by atoms with Crippen LogP contribution in [0.3, 0.4) is 0 Å². The van der Waals surface area contributed by atoms with Crippen molar-refractivity contribution in [1.82, 2.24) is 19.6 Å². The molecule has 3 heterocycles. The molecule has 1 aromatic carbocycles. The van der Waals surface area contributed by atoms with Gasteiger partial charge in [-0.25, -0.2) is 13.8 Å². The first-order valence-corrected chi connectivity index (χ1v) is 8.04. The van der Waals surface area contributed by atoms with Crippen LogP contribution in [0.4, 0.5) is 14.6 Å². The van der Waals surface area contributed by atoms with Gasteiger partial charge in [-0.05, 0) is 42.9 Å². The van der Waals surface area contributed by atoms with Crippen molar-refractivity contribution in [2.45, 2.75) is 19.3 Å². The standard InChI is InChI=1S/C17H17F2N5/c18-14-2-1-13(10-15(14)19)9-12-3-6-23(7-4-12)16-17-22-21-11-24(17)8-5-20-16/h1-2,5,8,10-12H,3-4,6-7,9H2. The molecule has 4 rings (SSSR count). The molecule has 7 heteroatoms. The van der Waals surface area contributed by atoms with Gasteiger partial charge >= 0.3 is 0 Å². The maximum atomic E-state index is 13.3. The summed E-state index contributed by atoms with van der Waals surface area (Å²) in [6, 6.07) is 4.18. The molecule has 0 radical (unpaired) electrons. The Balaban J connectivity index is 1.43. The molecule has 0 atom stereocenters. The fraction of sp³-hybridized carbons (Fsp3) is 0.353. The Hall–Kier alpha value is -2.57. The second kappa shape index (κ2) is 6.14. The Labute approximate surface area is 138 Å². The van der Waals surface area contributed by atoms with E-state index in [1.807, 2.05) is 10.6 Å². The Morgan fingerprint density at radius 1 is 1.12 bits per heavy atom. The summed E-state index contributed by atoms with van der Waals surface area (Å²) in [5, 5.41) is 8.05. The predicted molar refractivity (Wildman–Crippen MR) is 85.8 cm³/mol. The van der Waals surface area contributed by atoms with Gasteiger partial charge in [0.2, 0.25) is 5.65 Å². The molecule has 5 nitrogen and oxygen atoms in total. The van der Waals surface area contributed by atoms with Crippen LogP contribution in [0, 0.1) is 17.6 Å². The number of benzene rings is 1. The summed E-state index contributed by atoms with van der Waals surface area (Å²) in [7, 11) is 0. The van der Waals surface area contributed by atoms with Gasteiger partial charge < -0.3 is 4.90 Å². The van der Waals surface area contributed by atoms with E-state index in [0.29, 0.717) is 5.92 Å². The minimum Gasteiger partial charge on any atom is -0.353 e. The van der Waals surface area contributed by atoms with Crippen molar-refractivity contribution in [3.8, 4) is 0 Å². The summed E-state index contributed by atoms with van der Waals surface area (Å²) in [5.41, 5.74) is 1.61.